The summed E-state index contributed by atoms with van der Waals surface area (Å²) < 4.78 is 4.69. The Hall–Kier alpha value is -1.43. The number of likely N-dealkylation sites (tertiary alicyclic amines) is 1. The molecule has 1 amide bonds. The Kier molecular flexibility index (Phi) is 3.65. The van der Waals surface area contributed by atoms with E-state index in [9.17, 15) is 9.59 Å². The van der Waals surface area contributed by atoms with Gasteiger partial charge in [-0.1, -0.05) is 0 Å². The molecule has 1 aromatic heterocycles. The maximum absolute atomic E-state index is 11.9. The number of aromatic nitrogens is 1. The van der Waals surface area contributed by atoms with Gasteiger partial charge in [-0.3, -0.25) is 9.59 Å². The van der Waals surface area contributed by atoms with Gasteiger partial charge in [0, 0.05) is 18.3 Å². The van der Waals surface area contributed by atoms with Crippen molar-refractivity contribution in [3.63, 3.8) is 0 Å². The Morgan fingerprint density at radius 2 is 2.39 bits per heavy atom. The number of aryl methyl sites for hydroxylation is 1. The van der Waals surface area contributed by atoms with Crippen LogP contribution in [0.4, 0.5) is 0 Å². The molecule has 0 N–H and O–H groups in total. The van der Waals surface area contributed by atoms with Crippen LogP contribution < -0.4 is 0 Å². The number of thiazole rings is 1. The minimum atomic E-state index is -0.343. The number of amides is 1. The number of esters is 1. The van der Waals surface area contributed by atoms with Crippen LogP contribution in [0, 0.1) is 12.8 Å². The number of rotatable bonds is 3. The fourth-order valence-corrected chi connectivity index (χ4v) is 2.86. The van der Waals surface area contributed by atoms with Crippen LogP contribution >= 0.6 is 11.3 Å². The second-order valence-electron chi connectivity index (χ2n) is 4.44. The highest BCUT2D eigenvalue weighted by Crippen LogP contribution is 2.29. The second-order valence-corrected chi connectivity index (χ2v) is 5.50. The molecule has 2 atom stereocenters. The van der Waals surface area contributed by atoms with Gasteiger partial charge in [0.05, 0.1) is 29.8 Å². The van der Waals surface area contributed by atoms with Crippen molar-refractivity contribution in [3.05, 3.63) is 16.1 Å². The molecule has 1 aliphatic heterocycles. The van der Waals surface area contributed by atoms with Crippen LogP contribution in [0.15, 0.2) is 5.38 Å². The van der Waals surface area contributed by atoms with E-state index in [1.165, 1.54) is 7.11 Å². The third kappa shape index (κ3) is 2.38. The molecule has 1 saturated heterocycles. The van der Waals surface area contributed by atoms with Crippen LogP contribution in [0.3, 0.4) is 0 Å². The van der Waals surface area contributed by atoms with Crippen LogP contribution in [-0.4, -0.2) is 35.4 Å². The predicted octanol–water partition coefficient (Wildman–Crippen LogP) is 1.53. The summed E-state index contributed by atoms with van der Waals surface area (Å²) in [5.74, 6) is -0.666. The van der Waals surface area contributed by atoms with Gasteiger partial charge in [-0.25, -0.2) is 4.98 Å². The lowest BCUT2D eigenvalue weighted by atomic mass is 10.1. The first-order valence-electron chi connectivity index (χ1n) is 5.82. The van der Waals surface area contributed by atoms with Gasteiger partial charge in [-0.2, -0.15) is 0 Å². The van der Waals surface area contributed by atoms with Crippen molar-refractivity contribution < 1.29 is 14.3 Å². The predicted molar refractivity (Wildman–Crippen MR) is 67.1 cm³/mol. The third-order valence-corrected chi connectivity index (χ3v) is 4.02. The molecule has 5 nitrogen and oxygen atoms in total. The van der Waals surface area contributed by atoms with E-state index >= 15 is 0 Å². The van der Waals surface area contributed by atoms with Crippen LogP contribution in [-0.2, 0) is 14.3 Å². The zero-order valence-electron chi connectivity index (χ0n) is 10.7. The summed E-state index contributed by atoms with van der Waals surface area (Å²) in [5, 5.41) is 2.94. The topological polar surface area (TPSA) is 59.5 Å². The standard InChI is InChI=1S/C12H16N2O3S/c1-7(10-6-18-8(2)13-10)14-5-9(4-11(14)15)12(16)17-3/h6-7,9H,4-5H2,1-3H3. The van der Waals surface area contributed by atoms with E-state index < -0.39 is 0 Å². The molecule has 2 unspecified atom stereocenters. The zero-order valence-corrected chi connectivity index (χ0v) is 11.5. The van der Waals surface area contributed by atoms with E-state index in [4.69, 9.17) is 0 Å². The van der Waals surface area contributed by atoms with Crippen molar-refractivity contribution in [3.8, 4) is 0 Å². The van der Waals surface area contributed by atoms with Crippen LogP contribution in [0.1, 0.15) is 30.1 Å². The summed E-state index contributed by atoms with van der Waals surface area (Å²) in [6, 6.07) is -0.0860. The molecular weight excluding hydrogens is 252 g/mol. The Balaban J connectivity index is 2.10. The molecule has 0 spiro atoms. The van der Waals surface area contributed by atoms with Gasteiger partial charge >= 0.3 is 5.97 Å². The first-order chi connectivity index (χ1) is 8.52. The largest absolute Gasteiger partial charge is 0.469 e. The number of ether oxygens (including phenoxy) is 1. The summed E-state index contributed by atoms with van der Waals surface area (Å²) in [6.45, 7) is 4.29. The van der Waals surface area contributed by atoms with E-state index in [2.05, 4.69) is 9.72 Å². The lowest BCUT2D eigenvalue weighted by Gasteiger charge is -2.23. The summed E-state index contributed by atoms with van der Waals surface area (Å²) in [6.07, 6.45) is 0.236. The third-order valence-electron chi connectivity index (χ3n) is 3.23. The van der Waals surface area contributed by atoms with Crippen molar-refractivity contribution in [2.75, 3.05) is 13.7 Å². The van der Waals surface area contributed by atoms with Gasteiger partial charge in [0.25, 0.3) is 0 Å². The zero-order chi connectivity index (χ0) is 13.3. The highest BCUT2D eigenvalue weighted by molar-refractivity contribution is 7.09. The van der Waals surface area contributed by atoms with Gasteiger partial charge in [0.15, 0.2) is 0 Å². The van der Waals surface area contributed by atoms with E-state index in [0.29, 0.717) is 6.54 Å². The van der Waals surface area contributed by atoms with Gasteiger partial charge in [-0.15, -0.1) is 11.3 Å². The Labute approximate surface area is 110 Å². The minimum Gasteiger partial charge on any atom is -0.469 e. The Morgan fingerprint density at radius 3 is 2.94 bits per heavy atom. The highest BCUT2D eigenvalue weighted by atomic mass is 32.1. The number of nitrogens with zero attached hydrogens (tertiary/aromatic N) is 2. The number of methoxy groups -OCH3 is 1. The summed E-state index contributed by atoms with van der Waals surface area (Å²) in [5.41, 5.74) is 0.886. The monoisotopic (exact) mass is 268 g/mol. The van der Waals surface area contributed by atoms with Crippen LogP contribution in [0.5, 0.6) is 0 Å². The Bertz CT molecular complexity index is 472. The van der Waals surface area contributed by atoms with Crippen molar-refractivity contribution in [2.24, 2.45) is 5.92 Å². The molecule has 18 heavy (non-hydrogen) atoms. The first kappa shape index (κ1) is 13.0. The van der Waals surface area contributed by atoms with E-state index in [0.717, 1.165) is 10.7 Å². The molecule has 2 heterocycles. The number of carbonyl (C=O) groups is 2. The Morgan fingerprint density at radius 1 is 1.67 bits per heavy atom. The first-order valence-corrected chi connectivity index (χ1v) is 6.70. The van der Waals surface area contributed by atoms with Crippen molar-refractivity contribution in [1.82, 2.24) is 9.88 Å². The van der Waals surface area contributed by atoms with Gasteiger partial charge in [0.2, 0.25) is 5.91 Å². The molecular formula is C12H16N2O3S. The number of hydrogen-bond acceptors (Lipinski definition) is 5. The molecule has 1 aliphatic rings. The summed E-state index contributed by atoms with van der Waals surface area (Å²) in [4.78, 5) is 29.5. The summed E-state index contributed by atoms with van der Waals surface area (Å²) >= 11 is 1.56. The van der Waals surface area contributed by atoms with Crippen molar-refractivity contribution in [1.29, 1.82) is 0 Å². The molecule has 2 rings (SSSR count). The van der Waals surface area contributed by atoms with Crippen molar-refractivity contribution >= 4 is 23.2 Å². The number of hydrogen-bond donors (Lipinski definition) is 0. The average molecular weight is 268 g/mol. The summed E-state index contributed by atoms with van der Waals surface area (Å²) in [7, 11) is 1.35. The molecule has 0 bridgehead atoms. The smallest absolute Gasteiger partial charge is 0.310 e. The molecule has 1 fully saturated rings. The lowest BCUT2D eigenvalue weighted by Crippen LogP contribution is -2.29. The SMILES string of the molecule is COC(=O)C1CC(=O)N(C(C)c2csc(C)n2)C1. The second kappa shape index (κ2) is 5.06. The fraction of sp³-hybridized carbons (Fsp3) is 0.583. The number of carbonyl (C=O) groups excluding carboxylic acids is 2. The molecule has 0 aliphatic carbocycles. The van der Waals surface area contributed by atoms with E-state index in [1.54, 1.807) is 16.2 Å². The molecule has 0 radical (unpaired) electrons. The van der Waals surface area contributed by atoms with E-state index in [1.807, 2.05) is 19.2 Å². The minimum absolute atomic E-state index is 0.0106. The van der Waals surface area contributed by atoms with Crippen LogP contribution in [0.2, 0.25) is 0 Å². The van der Waals surface area contributed by atoms with Gasteiger partial charge in [-0.05, 0) is 13.8 Å². The van der Waals surface area contributed by atoms with Gasteiger partial charge < -0.3 is 9.64 Å². The fourth-order valence-electron chi connectivity index (χ4n) is 2.16. The lowest BCUT2D eigenvalue weighted by molar-refractivity contribution is -0.145. The molecule has 1 aromatic rings. The molecule has 98 valence electrons. The quantitative estimate of drug-likeness (QED) is 0.780. The maximum Gasteiger partial charge on any atom is 0.310 e. The highest BCUT2D eigenvalue weighted by Gasteiger charge is 2.38. The van der Waals surface area contributed by atoms with E-state index in [-0.39, 0.29) is 30.3 Å². The molecule has 6 heteroatoms. The molecule has 0 saturated carbocycles. The molecule has 0 aromatic carbocycles. The van der Waals surface area contributed by atoms with Gasteiger partial charge in [0.1, 0.15) is 0 Å². The normalized spacial score (nSPS) is 21.2. The van der Waals surface area contributed by atoms with Crippen molar-refractivity contribution in [2.45, 2.75) is 26.3 Å². The maximum atomic E-state index is 11.9. The average Bonchev–Trinajstić information content (AvgIpc) is 2.94. The van der Waals surface area contributed by atoms with Crippen LogP contribution in [0.25, 0.3) is 0 Å².